The monoisotopic (exact) mass is 193 g/mol. The molecule has 0 saturated carbocycles. The Morgan fingerprint density at radius 3 is 1.77 bits per heavy atom. The maximum absolute atomic E-state index is 5.18. The Kier molecular flexibility index (Phi) is 9.66. The second-order valence-electron chi connectivity index (χ2n) is 2.29. The van der Waals surface area contributed by atoms with Gasteiger partial charge in [0, 0.05) is 6.61 Å². The van der Waals surface area contributed by atoms with Crippen molar-refractivity contribution in [3.8, 4) is 0 Å². The standard InChI is InChI=1S/C7H19N3O3/c1-2-11-5-10(6-12-3-8)7-13-4-9/h2-9H2,1H3. The molecular weight excluding hydrogens is 174 g/mol. The molecule has 0 aromatic rings. The first kappa shape index (κ1) is 12.8. The molecule has 0 aromatic carbocycles. The molecule has 0 radical (unpaired) electrons. The van der Waals surface area contributed by atoms with Gasteiger partial charge >= 0.3 is 0 Å². The summed E-state index contributed by atoms with van der Waals surface area (Å²) in [5.74, 6) is 0. The van der Waals surface area contributed by atoms with Crippen molar-refractivity contribution >= 4 is 0 Å². The van der Waals surface area contributed by atoms with Crippen molar-refractivity contribution in [2.45, 2.75) is 6.92 Å². The highest BCUT2D eigenvalue weighted by Crippen LogP contribution is 1.90. The second-order valence-corrected chi connectivity index (χ2v) is 2.29. The van der Waals surface area contributed by atoms with Crippen LogP contribution in [0.2, 0.25) is 0 Å². The third-order valence-electron chi connectivity index (χ3n) is 1.26. The fourth-order valence-corrected chi connectivity index (χ4v) is 0.696. The average molecular weight is 193 g/mol. The molecule has 0 aliphatic heterocycles. The Hall–Kier alpha value is -0.240. The Morgan fingerprint density at radius 1 is 0.923 bits per heavy atom. The topological polar surface area (TPSA) is 83.0 Å². The quantitative estimate of drug-likeness (QED) is 0.460. The molecule has 6 nitrogen and oxygen atoms in total. The van der Waals surface area contributed by atoms with Gasteiger partial charge in [0.05, 0.1) is 13.5 Å². The molecule has 0 rings (SSSR count). The summed E-state index contributed by atoms with van der Waals surface area (Å²) in [6.45, 7) is 4.17. The van der Waals surface area contributed by atoms with Gasteiger partial charge < -0.3 is 25.7 Å². The summed E-state index contributed by atoms with van der Waals surface area (Å²) in [6.07, 6.45) is 0. The summed E-state index contributed by atoms with van der Waals surface area (Å²) in [4.78, 5) is 1.81. The SMILES string of the molecule is CCOCN(COCN)COCN. The minimum atomic E-state index is 0.186. The van der Waals surface area contributed by atoms with Crippen LogP contribution in [0.5, 0.6) is 0 Å². The van der Waals surface area contributed by atoms with Crippen LogP contribution in [0.3, 0.4) is 0 Å². The number of nitrogens with zero attached hydrogens (tertiary/aromatic N) is 1. The summed E-state index contributed by atoms with van der Waals surface area (Å²) in [6, 6.07) is 0. The maximum atomic E-state index is 5.18. The first-order chi connectivity index (χ1) is 6.35. The molecule has 4 N–H and O–H groups in total. The molecular formula is C7H19N3O3. The molecule has 0 atom stereocenters. The van der Waals surface area contributed by atoms with Crippen LogP contribution >= 0.6 is 0 Å². The summed E-state index contributed by atoms with van der Waals surface area (Å²) in [7, 11) is 0. The molecule has 0 spiro atoms. The molecule has 0 fully saturated rings. The summed E-state index contributed by atoms with van der Waals surface area (Å²) in [5, 5.41) is 0. The number of rotatable bonds is 9. The lowest BCUT2D eigenvalue weighted by atomic mass is 10.8. The van der Waals surface area contributed by atoms with Gasteiger partial charge in [-0.1, -0.05) is 0 Å². The van der Waals surface area contributed by atoms with Crippen LogP contribution in [0.4, 0.5) is 0 Å². The van der Waals surface area contributed by atoms with Gasteiger partial charge in [-0.25, -0.2) is 4.90 Å². The van der Waals surface area contributed by atoms with E-state index in [9.17, 15) is 0 Å². The van der Waals surface area contributed by atoms with Gasteiger partial charge in [-0.2, -0.15) is 0 Å². The van der Waals surface area contributed by atoms with E-state index in [1.54, 1.807) is 0 Å². The van der Waals surface area contributed by atoms with Crippen molar-refractivity contribution in [3.05, 3.63) is 0 Å². The van der Waals surface area contributed by atoms with Gasteiger partial charge in [0.2, 0.25) is 0 Å². The first-order valence-corrected chi connectivity index (χ1v) is 4.20. The number of hydrogen-bond donors (Lipinski definition) is 2. The normalized spacial score (nSPS) is 11.1. The van der Waals surface area contributed by atoms with Crippen LogP contribution < -0.4 is 11.5 Å². The van der Waals surface area contributed by atoms with Gasteiger partial charge in [-0.15, -0.1) is 0 Å². The number of hydrogen-bond acceptors (Lipinski definition) is 6. The predicted molar refractivity (Wildman–Crippen MR) is 48.3 cm³/mol. The van der Waals surface area contributed by atoms with Crippen molar-refractivity contribution in [2.75, 3.05) is 40.3 Å². The summed E-state index contributed by atoms with van der Waals surface area (Å²) >= 11 is 0. The van der Waals surface area contributed by atoms with Crippen molar-refractivity contribution in [1.29, 1.82) is 0 Å². The molecule has 0 amide bonds. The van der Waals surface area contributed by atoms with Gasteiger partial charge in [0.15, 0.2) is 0 Å². The molecule has 0 aliphatic rings. The van der Waals surface area contributed by atoms with E-state index in [1.165, 1.54) is 0 Å². The van der Waals surface area contributed by atoms with E-state index in [1.807, 2.05) is 11.8 Å². The molecule has 13 heavy (non-hydrogen) atoms. The van der Waals surface area contributed by atoms with Gasteiger partial charge in [-0.05, 0) is 6.92 Å². The first-order valence-electron chi connectivity index (χ1n) is 4.20. The van der Waals surface area contributed by atoms with Crippen LogP contribution in [-0.2, 0) is 14.2 Å². The fourth-order valence-electron chi connectivity index (χ4n) is 0.696. The van der Waals surface area contributed by atoms with E-state index in [0.29, 0.717) is 26.8 Å². The number of ether oxygens (including phenoxy) is 3. The minimum Gasteiger partial charge on any atom is -0.366 e. The van der Waals surface area contributed by atoms with E-state index in [4.69, 9.17) is 25.7 Å². The molecule has 0 unspecified atom stereocenters. The van der Waals surface area contributed by atoms with Gasteiger partial charge in [0.1, 0.15) is 20.2 Å². The van der Waals surface area contributed by atoms with Crippen molar-refractivity contribution < 1.29 is 14.2 Å². The molecule has 0 saturated heterocycles. The lowest BCUT2D eigenvalue weighted by molar-refractivity contribution is -0.0946. The summed E-state index contributed by atoms with van der Waals surface area (Å²) in [5.41, 5.74) is 10.4. The minimum absolute atomic E-state index is 0.186. The third kappa shape index (κ3) is 8.10. The zero-order chi connectivity index (χ0) is 9.94. The molecule has 80 valence electrons. The van der Waals surface area contributed by atoms with Gasteiger partial charge in [0.25, 0.3) is 0 Å². The van der Waals surface area contributed by atoms with E-state index in [-0.39, 0.29) is 13.5 Å². The highest BCUT2D eigenvalue weighted by Gasteiger charge is 2.03. The number of nitrogens with two attached hydrogens (primary N) is 2. The van der Waals surface area contributed by atoms with Crippen LogP contribution in [0.15, 0.2) is 0 Å². The van der Waals surface area contributed by atoms with Crippen LogP contribution in [0.25, 0.3) is 0 Å². The molecule has 0 bridgehead atoms. The third-order valence-corrected chi connectivity index (χ3v) is 1.26. The Bertz CT molecular complexity index is 86.0. The summed E-state index contributed by atoms with van der Waals surface area (Å²) < 4.78 is 15.2. The Morgan fingerprint density at radius 2 is 1.38 bits per heavy atom. The van der Waals surface area contributed by atoms with Crippen molar-refractivity contribution in [3.63, 3.8) is 0 Å². The highest BCUT2D eigenvalue weighted by molar-refractivity contribution is 4.37. The molecule has 0 aliphatic carbocycles. The predicted octanol–water partition coefficient (Wildman–Crippen LogP) is -0.937. The average Bonchev–Trinajstić information content (AvgIpc) is 2.17. The molecule has 6 heteroatoms. The Balaban J connectivity index is 3.47. The second kappa shape index (κ2) is 9.85. The lowest BCUT2D eigenvalue weighted by Gasteiger charge is -2.20. The zero-order valence-corrected chi connectivity index (χ0v) is 8.07. The smallest absolute Gasteiger partial charge is 0.104 e. The highest BCUT2D eigenvalue weighted by atomic mass is 16.5. The van der Waals surface area contributed by atoms with Crippen LogP contribution in [-0.4, -0.2) is 45.2 Å². The van der Waals surface area contributed by atoms with E-state index in [0.717, 1.165) is 0 Å². The van der Waals surface area contributed by atoms with Crippen molar-refractivity contribution in [1.82, 2.24) is 4.90 Å². The Labute approximate surface area is 78.7 Å². The van der Waals surface area contributed by atoms with E-state index < -0.39 is 0 Å². The lowest BCUT2D eigenvalue weighted by Crippen LogP contribution is -2.33. The molecule has 0 aromatic heterocycles. The maximum Gasteiger partial charge on any atom is 0.104 e. The van der Waals surface area contributed by atoms with Crippen LogP contribution in [0, 0.1) is 0 Å². The fraction of sp³-hybridized carbons (Fsp3) is 1.00. The largest absolute Gasteiger partial charge is 0.366 e. The van der Waals surface area contributed by atoms with E-state index >= 15 is 0 Å². The van der Waals surface area contributed by atoms with Crippen LogP contribution in [0.1, 0.15) is 6.92 Å². The molecule has 0 heterocycles. The van der Waals surface area contributed by atoms with Crippen molar-refractivity contribution in [2.24, 2.45) is 11.5 Å². The van der Waals surface area contributed by atoms with Gasteiger partial charge in [-0.3, -0.25) is 0 Å². The zero-order valence-electron chi connectivity index (χ0n) is 8.07. The van der Waals surface area contributed by atoms with E-state index in [2.05, 4.69) is 0 Å².